The molecule has 0 amide bonds. The van der Waals surface area contributed by atoms with E-state index in [-0.39, 0.29) is 12.3 Å². The molecule has 0 spiro atoms. The molecule has 4 heteroatoms. The van der Waals surface area contributed by atoms with Gasteiger partial charge in [-0.25, -0.2) is 0 Å². The summed E-state index contributed by atoms with van der Waals surface area (Å²) in [7, 11) is -6.97. The van der Waals surface area contributed by atoms with Crippen molar-refractivity contribution < 1.29 is 9.13 Å². The summed E-state index contributed by atoms with van der Waals surface area (Å²) in [5.41, 5.74) is 4.03. The van der Waals surface area contributed by atoms with Crippen molar-refractivity contribution in [1.29, 1.82) is 0 Å². The third-order valence-corrected chi connectivity index (χ3v) is 19.9. The zero-order valence-corrected chi connectivity index (χ0v) is 38.0. The Morgan fingerprint density at radius 2 is 0.455 bits per heavy atom. The fourth-order valence-corrected chi connectivity index (χ4v) is 17.0. The maximum absolute atomic E-state index is 17.1. The number of benzene rings is 12. The molecule has 0 unspecified atom stereocenters. The van der Waals surface area contributed by atoms with E-state index in [4.69, 9.17) is 0 Å². The van der Waals surface area contributed by atoms with Crippen molar-refractivity contribution in [3.63, 3.8) is 0 Å². The molecular weight excluding hydrogens is 839 g/mol. The van der Waals surface area contributed by atoms with Crippen molar-refractivity contribution in [3.05, 3.63) is 254 Å². The standard InChI is InChI=1S/C62H44O2P2/c63-65(57-33-13-23-43-17-1-7-27-51(43)57,58-34-14-24-44-18-2-8-28-52(44)58)41-49-39-37-47-21-5-11-31-55(47)61(49)62-50(40-38-48-22-6-12-32-56(48)62)42-66(64,59-35-15-25-45-19-3-9-29-53(45)59)60-36-16-26-46-20-4-10-30-54(46)60/h1-40H,41-42H2. The molecule has 0 N–H and O–H groups in total. The Bertz CT molecular complexity index is 3530. The molecule has 0 aliphatic heterocycles. The maximum Gasteiger partial charge on any atom is 0.148 e. The lowest BCUT2D eigenvalue weighted by Gasteiger charge is -2.27. The molecule has 0 bridgehead atoms. The fourth-order valence-electron chi connectivity index (χ4n) is 10.7. The van der Waals surface area contributed by atoms with Crippen LogP contribution in [0.15, 0.2) is 243 Å². The predicted molar refractivity (Wildman–Crippen MR) is 284 cm³/mol. The Balaban J connectivity index is 1.16. The second-order valence-corrected chi connectivity index (χ2v) is 22.9. The summed E-state index contributed by atoms with van der Waals surface area (Å²) >= 11 is 0. The summed E-state index contributed by atoms with van der Waals surface area (Å²) in [5, 5.41) is 15.9. The van der Waals surface area contributed by atoms with Crippen LogP contribution in [0.25, 0.3) is 75.8 Å². The quantitative estimate of drug-likeness (QED) is 0.135. The minimum atomic E-state index is -3.48. The zero-order chi connectivity index (χ0) is 44.2. The Hall–Kier alpha value is -7.34. The molecule has 0 atom stereocenters. The van der Waals surface area contributed by atoms with Gasteiger partial charge in [-0.2, -0.15) is 0 Å². The summed E-state index contributed by atoms with van der Waals surface area (Å²) in [4.78, 5) is 0. The Labute approximate surface area is 384 Å². The van der Waals surface area contributed by atoms with E-state index in [1.165, 1.54) is 0 Å². The van der Waals surface area contributed by atoms with Gasteiger partial charge in [0.05, 0.1) is 0 Å². The summed E-state index contributed by atoms with van der Waals surface area (Å²) in [6, 6.07) is 84.2. The van der Waals surface area contributed by atoms with Crippen molar-refractivity contribution in [2.45, 2.75) is 12.3 Å². The largest absolute Gasteiger partial charge is 0.313 e. The number of hydrogen-bond acceptors (Lipinski definition) is 2. The van der Waals surface area contributed by atoms with E-state index < -0.39 is 14.3 Å². The van der Waals surface area contributed by atoms with Gasteiger partial charge in [-0.3, -0.25) is 0 Å². The van der Waals surface area contributed by atoms with E-state index in [1.807, 2.05) is 48.5 Å². The van der Waals surface area contributed by atoms with Crippen molar-refractivity contribution in [3.8, 4) is 11.1 Å². The molecule has 0 fully saturated rings. The van der Waals surface area contributed by atoms with E-state index >= 15 is 9.13 Å². The molecular formula is C62H44O2P2. The van der Waals surface area contributed by atoms with Gasteiger partial charge < -0.3 is 9.13 Å². The van der Waals surface area contributed by atoms with Gasteiger partial charge in [-0.1, -0.05) is 243 Å². The highest BCUT2D eigenvalue weighted by molar-refractivity contribution is 7.79. The molecule has 0 saturated carbocycles. The lowest BCUT2D eigenvalue weighted by Crippen LogP contribution is -2.20. The Kier molecular flexibility index (Phi) is 9.91. The van der Waals surface area contributed by atoms with Crippen LogP contribution in [0.2, 0.25) is 0 Å². The van der Waals surface area contributed by atoms with Crippen LogP contribution in [0.4, 0.5) is 0 Å². The van der Waals surface area contributed by atoms with Crippen LogP contribution < -0.4 is 21.2 Å². The normalized spacial score (nSPS) is 12.2. The lowest BCUT2D eigenvalue weighted by atomic mass is 9.88. The van der Waals surface area contributed by atoms with Crippen LogP contribution >= 0.6 is 14.3 Å². The molecule has 0 aliphatic carbocycles. The first-order valence-corrected chi connectivity index (χ1v) is 26.4. The summed E-state index contributed by atoms with van der Waals surface area (Å²) in [5.74, 6) is 0. The van der Waals surface area contributed by atoms with Gasteiger partial charge in [0.2, 0.25) is 0 Å². The third kappa shape index (κ3) is 6.63. The molecule has 0 saturated heterocycles. The fraction of sp³-hybridized carbons (Fsp3) is 0.0323. The molecule has 0 aromatic heterocycles. The minimum Gasteiger partial charge on any atom is -0.313 e. The molecule has 12 aromatic rings. The molecule has 66 heavy (non-hydrogen) atoms. The van der Waals surface area contributed by atoms with Gasteiger partial charge in [0, 0.05) is 33.5 Å². The average Bonchev–Trinajstić information content (AvgIpc) is 3.38. The monoisotopic (exact) mass is 882 g/mol. The Morgan fingerprint density at radius 3 is 0.742 bits per heavy atom. The minimum absolute atomic E-state index is 0.280. The zero-order valence-electron chi connectivity index (χ0n) is 36.2. The van der Waals surface area contributed by atoms with E-state index in [1.54, 1.807) is 0 Å². The lowest BCUT2D eigenvalue weighted by molar-refractivity contribution is 0.586. The number of fused-ring (bicyclic) bond motifs is 6. The van der Waals surface area contributed by atoms with Gasteiger partial charge in [0.15, 0.2) is 0 Å². The van der Waals surface area contributed by atoms with Crippen molar-refractivity contribution in [2.75, 3.05) is 0 Å². The smallest absolute Gasteiger partial charge is 0.148 e. The number of hydrogen-bond donors (Lipinski definition) is 0. The van der Waals surface area contributed by atoms with Crippen LogP contribution in [0.3, 0.4) is 0 Å². The van der Waals surface area contributed by atoms with Gasteiger partial charge in [0.1, 0.15) is 14.3 Å². The third-order valence-electron chi connectivity index (χ3n) is 13.7. The van der Waals surface area contributed by atoms with Crippen LogP contribution in [0.5, 0.6) is 0 Å². The second kappa shape index (κ2) is 16.3. The number of rotatable bonds is 9. The van der Waals surface area contributed by atoms with Crippen LogP contribution in [-0.4, -0.2) is 0 Å². The van der Waals surface area contributed by atoms with Gasteiger partial charge in [0.25, 0.3) is 0 Å². The van der Waals surface area contributed by atoms with E-state index in [0.29, 0.717) is 0 Å². The molecule has 2 nitrogen and oxygen atoms in total. The first kappa shape index (κ1) is 40.2. The van der Waals surface area contributed by atoms with Gasteiger partial charge in [-0.15, -0.1) is 0 Å². The van der Waals surface area contributed by atoms with Crippen molar-refractivity contribution in [2.24, 2.45) is 0 Å². The van der Waals surface area contributed by atoms with Gasteiger partial charge >= 0.3 is 0 Å². The summed E-state index contributed by atoms with van der Waals surface area (Å²) < 4.78 is 34.2. The van der Waals surface area contributed by atoms with E-state index in [0.717, 1.165) is 108 Å². The van der Waals surface area contributed by atoms with E-state index in [2.05, 4.69) is 194 Å². The molecule has 0 heterocycles. The second-order valence-electron chi connectivity index (χ2n) is 17.4. The Morgan fingerprint density at radius 1 is 0.227 bits per heavy atom. The molecule has 12 aromatic carbocycles. The molecule has 12 rings (SSSR count). The highest BCUT2D eigenvalue weighted by atomic mass is 31.2. The van der Waals surface area contributed by atoms with Crippen LogP contribution in [-0.2, 0) is 21.5 Å². The van der Waals surface area contributed by atoms with Gasteiger partial charge in [-0.05, 0) is 86.9 Å². The first-order chi connectivity index (χ1) is 32.5. The van der Waals surface area contributed by atoms with Crippen molar-refractivity contribution >= 4 is 100 Å². The maximum atomic E-state index is 17.1. The molecule has 0 radical (unpaired) electrons. The summed E-state index contributed by atoms with van der Waals surface area (Å²) in [6.07, 6.45) is 0.560. The SMILES string of the molecule is O=P(Cc1ccc2ccccc2c1-c1c(CP(=O)(c2cccc3ccccc23)c2cccc3ccccc23)ccc2ccccc12)(c1cccc2ccccc12)c1cccc2ccccc12. The molecule has 314 valence electrons. The highest BCUT2D eigenvalue weighted by Crippen LogP contribution is 2.56. The van der Waals surface area contributed by atoms with Crippen LogP contribution in [0.1, 0.15) is 11.1 Å². The molecule has 0 aliphatic rings. The van der Waals surface area contributed by atoms with E-state index in [9.17, 15) is 0 Å². The summed E-state index contributed by atoms with van der Waals surface area (Å²) in [6.45, 7) is 0. The highest BCUT2D eigenvalue weighted by Gasteiger charge is 2.35. The average molecular weight is 883 g/mol. The van der Waals surface area contributed by atoms with Crippen molar-refractivity contribution in [1.82, 2.24) is 0 Å². The van der Waals surface area contributed by atoms with Crippen LogP contribution in [0, 0.1) is 0 Å². The topological polar surface area (TPSA) is 34.1 Å². The first-order valence-electron chi connectivity index (χ1n) is 22.6. The predicted octanol–water partition coefficient (Wildman–Crippen LogP) is 15.3.